The van der Waals surface area contributed by atoms with E-state index in [9.17, 15) is 0 Å². The molecule has 3 heteroatoms. The van der Waals surface area contributed by atoms with Crippen molar-refractivity contribution in [1.82, 2.24) is 14.1 Å². The summed E-state index contributed by atoms with van der Waals surface area (Å²) in [4.78, 5) is 3.71. The van der Waals surface area contributed by atoms with Gasteiger partial charge in [-0.3, -0.25) is 0 Å². The number of rotatable bonds is 8. The van der Waals surface area contributed by atoms with Gasteiger partial charge in [-0.05, 0) is 131 Å². The van der Waals surface area contributed by atoms with Crippen LogP contribution >= 0.6 is 0 Å². The normalized spacial score (nSPS) is 12.0. The number of nitrogens with zero attached hydrogens (tertiary/aromatic N) is 2. The van der Waals surface area contributed by atoms with E-state index in [0.29, 0.717) is 0 Å². The lowest BCUT2D eigenvalue weighted by molar-refractivity contribution is 0.919. The largest absolute Gasteiger partial charge is 0.355 e. The second kappa shape index (κ2) is 13.4. The van der Waals surface area contributed by atoms with E-state index in [4.69, 9.17) is 0 Å². The quantitative estimate of drug-likeness (QED) is 0.161. The van der Waals surface area contributed by atoms with Gasteiger partial charge in [-0.15, -0.1) is 0 Å². The summed E-state index contributed by atoms with van der Waals surface area (Å²) < 4.78 is 4.86. The van der Waals surface area contributed by atoms with Gasteiger partial charge in [0.25, 0.3) is 0 Å². The van der Waals surface area contributed by atoms with Gasteiger partial charge in [-0.25, -0.2) is 0 Å². The Kier molecular flexibility index (Phi) is 7.89. The maximum absolute atomic E-state index is 3.71. The van der Waals surface area contributed by atoms with Crippen LogP contribution in [-0.2, 0) is 12.8 Å². The Bertz CT molecular complexity index is 3110. The summed E-state index contributed by atoms with van der Waals surface area (Å²) in [6.07, 6.45) is 4.45. The van der Waals surface area contributed by atoms with Crippen molar-refractivity contribution in [2.75, 3.05) is 0 Å². The smallest absolute Gasteiger partial charge is 0.0541 e. The van der Waals surface area contributed by atoms with Crippen molar-refractivity contribution >= 4 is 65.4 Å². The van der Waals surface area contributed by atoms with Gasteiger partial charge in [0, 0.05) is 54.7 Å². The molecular formula is C54H43N3. The molecule has 3 nitrogen and oxygen atoms in total. The van der Waals surface area contributed by atoms with Crippen LogP contribution in [0.15, 0.2) is 170 Å². The Morgan fingerprint density at radius 3 is 1.21 bits per heavy atom. The van der Waals surface area contributed by atoms with Crippen LogP contribution in [0.1, 0.15) is 37.8 Å². The molecule has 0 bridgehead atoms. The lowest BCUT2D eigenvalue weighted by Crippen LogP contribution is -1.95. The van der Waals surface area contributed by atoms with Gasteiger partial charge < -0.3 is 14.1 Å². The van der Waals surface area contributed by atoms with Crippen LogP contribution in [0, 0.1) is 0 Å². The summed E-state index contributed by atoms with van der Waals surface area (Å²) >= 11 is 0. The molecule has 11 rings (SSSR count). The Hall–Kier alpha value is -6.84. The zero-order valence-corrected chi connectivity index (χ0v) is 32.4. The van der Waals surface area contributed by atoms with E-state index < -0.39 is 0 Å². The number of aromatic amines is 1. The molecule has 0 spiro atoms. The van der Waals surface area contributed by atoms with E-state index in [1.165, 1.54) is 99.1 Å². The highest BCUT2D eigenvalue weighted by molar-refractivity contribution is 6.13. The number of hydrogen-bond acceptors (Lipinski definition) is 0. The van der Waals surface area contributed by atoms with E-state index in [1.54, 1.807) is 0 Å². The minimum Gasteiger partial charge on any atom is -0.355 e. The third-order valence-corrected chi connectivity index (χ3v) is 12.0. The first-order valence-electron chi connectivity index (χ1n) is 20.5. The first-order valence-corrected chi connectivity index (χ1v) is 20.5. The Morgan fingerprint density at radius 2 is 0.754 bits per heavy atom. The highest BCUT2D eigenvalue weighted by atomic mass is 15.0. The molecule has 0 atom stereocenters. The summed E-state index contributed by atoms with van der Waals surface area (Å²) in [5.74, 6) is 0. The summed E-state index contributed by atoms with van der Waals surface area (Å²) in [5.41, 5.74) is 17.3. The highest BCUT2D eigenvalue weighted by Gasteiger charge is 2.17. The van der Waals surface area contributed by atoms with Crippen LogP contribution in [0.5, 0.6) is 0 Å². The summed E-state index contributed by atoms with van der Waals surface area (Å²) in [7, 11) is 0. The molecule has 0 aliphatic carbocycles. The summed E-state index contributed by atoms with van der Waals surface area (Å²) in [6.45, 7) is 4.49. The molecule has 0 amide bonds. The number of nitrogens with one attached hydrogen (secondary N) is 1. The zero-order valence-electron chi connectivity index (χ0n) is 32.4. The molecule has 274 valence electrons. The lowest BCUT2D eigenvalue weighted by atomic mass is 9.98. The second-order valence-corrected chi connectivity index (χ2v) is 15.7. The Balaban J connectivity index is 1.01. The predicted octanol–water partition coefficient (Wildman–Crippen LogP) is 14.8. The Morgan fingerprint density at radius 1 is 0.351 bits per heavy atom. The third kappa shape index (κ3) is 5.49. The van der Waals surface area contributed by atoms with Crippen molar-refractivity contribution in [3.05, 3.63) is 181 Å². The molecule has 0 saturated carbocycles. The van der Waals surface area contributed by atoms with E-state index in [2.05, 4.69) is 198 Å². The van der Waals surface area contributed by atoms with Crippen LogP contribution < -0.4 is 0 Å². The van der Waals surface area contributed by atoms with Crippen molar-refractivity contribution in [2.45, 2.75) is 39.5 Å². The van der Waals surface area contributed by atoms with E-state index in [-0.39, 0.29) is 0 Å². The molecule has 0 aliphatic heterocycles. The minimum absolute atomic E-state index is 1.09. The van der Waals surface area contributed by atoms with Crippen LogP contribution in [0.3, 0.4) is 0 Å². The molecule has 0 unspecified atom stereocenters. The van der Waals surface area contributed by atoms with Crippen LogP contribution in [0.25, 0.3) is 99.0 Å². The fourth-order valence-corrected chi connectivity index (χ4v) is 9.40. The average Bonchev–Trinajstić information content (AvgIpc) is 3.91. The van der Waals surface area contributed by atoms with Gasteiger partial charge in [0.1, 0.15) is 0 Å². The van der Waals surface area contributed by atoms with E-state index in [1.807, 2.05) is 0 Å². The number of fused-ring (bicyclic) bond motifs is 9. The first kappa shape index (κ1) is 33.5. The Labute approximate surface area is 332 Å². The monoisotopic (exact) mass is 733 g/mol. The molecule has 0 saturated heterocycles. The molecule has 57 heavy (non-hydrogen) atoms. The van der Waals surface area contributed by atoms with Crippen molar-refractivity contribution in [1.29, 1.82) is 0 Å². The van der Waals surface area contributed by atoms with Gasteiger partial charge >= 0.3 is 0 Å². The second-order valence-electron chi connectivity index (χ2n) is 15.7. The summed E-state index contributed by atoms with van der Waals surface area (Å²) in [5, 5.41) is 7.58. The maximum atomic E-state index is 3.71. The molecule has 0 aliphatic rings. The lowest BCUT2D eigenvalue weighted by Gasteiger charge is -2.10. The van der Waals surface area contributed by atoms with Gasteiger partial charge in [-0.1, -0.05) is 112 Å². The average molecular weight is 734 g/mol. The number of aromatic nitrogens is 3. The molecule has 0 radical (unpaired) electrons. The van der Waals surface area contributed by atoms with E-state index >= 15 is 0 Å². The van der Waals surface area contributed by atoms with Gasteiger partial charge in [0.15, 0.2) is 0 Å². The topological polar surface area (TPSA) is 25.6 Å². The molecule has 11 aromatic rings. The van der Waals surface area contributed by atoms with E-state index in [0.717, 1.165) is 36.7 Å². The zero-order chi connectivity index (χ0) is 38.0. The molecule has 0 fully saturated rings. The van der Waals surface area contributed by atoms with Crippen LogP contribution in [0.4, 0.5) is 0 Å². The number of aryl methyl sites for hydroxylation is 2. The minimum atomic E-state index is 1.09. The summed E-state index contributed by atoms with van der Waals surface area (Å²) in [6, 6.07) is 63.4. The van der Waals surface area contributed by atoms with Crippen molar-refractivity contribution < 1.29 is 0 Å². The SMILES string of the molecule is CCCc1cccc(-n2c3ccccc3c3cc(-c4ccc5[nH]c6ccc(-c7ccc8c(c7)c7ccccc7n8-c7cccc(CCC)c7)cc6c5c4)ccc32)c1. The van der Waals surface area contributed by atoms with Gasteiger partial charge in [0.2, 0.25) is 0 Å². The number of H-pyrrole nitrogens is 1. The number of para-hydroxylation sites is 2. The molecule has 1 N–H and O–H groups in total. The standard InChI is InChI=1S/C54H43N3/c1-3-11-35-13-9-15-41(29-35)56-51-19-7-5-17-43(51)47-33-39(23-27-53(47)56)37-21-25-49-45(31-37)46-32-38(22-26-50(46)55-49)40-24-28-54-48(34-40)44-18-6-8-20-52(44)57(54)42-16-10-14-36(30-42)12-4-2/h5-10,13-34,55H,3-4,11-12H2,1-2H3. The highest BCUT2D eigenvalue weighted by Crippen LogP contribution is 2.39. The predicted molar refractivity (Wildman–Crippen MR) is 243 cm³/mol. The third-order valence-electron chi connectivity index (χ3n) is 12.0. The molecule has 3 heterocycles. The first-order chi connectivity index (χ1) is 28.1. The molecule has 3 aromatic heterocycles. The van der Waals surface area contributed by atoms with Crippen molar-refractivity contribution in [2.24, 2.45) is 0 Å². The fourth-order valence-electron chi connectivity index (χ4n) is 9.40. The van der Waals surface area contributed by atoms with Crippen LogP contribution in [-0.4, -0.2) is 14.1 Å². The number of hydrogen-bond donors (Lipinski definition) is 1. The molecular weight excluding hydrogens is 691 g/mol. The molecule has 8 aromatic carbocycles. The van der Waals surface area contributed by atoms with Crippen LogP contribution in [0.2, 0.25) is 0 Å². The van der Waals surface area contributed by atoms with Gasteiger partial charge in [-0.2, -0.15) is 0 Å². The van der Waals surface area contributed by atoms with Crippen molar-refractivity contribution in [3.8, 4) is 33.6 Å². The van der Waals surface area contributed by atoms with Gasteiger partial charge in [0.05, 0.1) is 22.1 Å². The fraction of sp³-hybridized carbons (Fsp3) is 0.111. The maximum Gasteiger partial charge on any atom is 0.0541 e. The number of benzene rings is 8. The van der Waals surface area contributed by atoms with Crippen molar-refractivity contribution in [3.63, 3.8) is 0 Å².